The fourth-order valence-corrected chi connectivity index (χ4v) is 3.40. The Hall–Kier alpha value is -1.66. The monoisotopic (exact) mass is 336 g/mol. The minimum Gasteiger partial charge on any atom is -0.488 e. The van der Waals surface area contributed by atoms with Gasteiger partial charge < -0.3 is 14.7 Å². The summed E-state index contributed by atoms with van der Waals surface area (Å²) in [7, 11) is 0. The number of amides is 1. The van der Waals surface area contributed by atoms with Crippen LogP contribution in [0.2, 0.25) is 0 Å². The third-order valence-corrected chi connectivity index (χ3v) is 4.80. The summed E-state index contributed by atoms with van der Waals surface area (Å²) < 4.78 is 19.0. The smallest absolute Gasteiger partial charge is 0.236 e. The maximum Gasteiger partial charge on any atom is 0.236 e. The minimum atomic E-state index is -0.655. The summed E-state index contributed by atoms with van der Waals surface area (Å²) in [6, 6.07) is 5.93. The first-order valence-corrected chi connectivity index (χ1v) is 8.72. The highest BCUT2D eigenvalue weighted by Gasteiger charge is 2.29. The third-order valence-electron chi connectivity index (χ3n) is 4.80. The first-order valence-electron chi connectivity index (χ1n) is 8.72. The molecule has 0 aromatic heterocycles. The Morgan fingerprint density at radius 1 is 1.21 bits per heavy atom. The highest BCUT2D eigenvalue weighted by molar-refractivity contribution is 5.78. The van der Waals surface area contributed by atoms with E-state index in [4.69, 9.17) is 4.74 Å². The van der Waals surface area contributed by atoms with Crippen molar-refractivity contribution < 1.29 is 19.0 Å². The topological polar surface area (TPSA) is 53.0 Å². The summed E-state index contributed by atoms with van der Waals surface area (Å²) in [4.78, 5) is 16.4. The van der Waals surface area contributed by atoms with Crippen LogP contribution in [0.4, 0.5) is 4.39 Å². The average Bonchev–Trinajstić information content (AvgIpc) is 2.99. The van der Waals surface area contributed by atoms with Crippen LogP contribution in [0.25, 0.3) is 0 Å². The summed E-state index contributed by atoms with van der Waals surface area (Å²) in [5, 5.41) is 10.3. The van der Waals surface area contributed by atoms with Crippen molar-refractivity contribution in [3.05, 3.63) is 30.1 Å². The van der Waals surface area contributed by atoms with Gasteiger partial charge in [0.15, 0.2) is 0 Å². The van der Waals surface area contributed by atoms with Crippen molar-refractivity contribution >= 4 is 5.91 Å². The standard InChI is InChI=1S/C18H25FN2O3/c19-14-4-3-5-15(12-14)24-17-7-11-21(10-6-16(17)22)18(23)13-20-8-1-2-9-20/h3-5,12,16-17,22H,1-2,6-11,13H2/t16-,17-/m0/s1. The molecule has 0 spiro atoms. The van der Waals surface area contributed by atoms with Gasteiger partial charge in [0.2, 0.25) is 5.91 Å². The van der Waals surface area contributed by atoms with Crippen LogP contribution in [0.15, 0.2) is 24.3 Å². The number of hydrogen-bond acceptors (Lipinski definition) is 4. The Morgan fingerprint density at radius 2 is 1.96 bits per heavy atom. The quantitative estimate of drug-likeness (QED) is 0.908. The van der Waals surface area contributed by atoms with Crippen molar-refractivity contribution in [2.75, 3.05) is 32.7 Å². The molecule has 1 aromatic carbocycles. The van der Waals surface area contributed by atoms with Crippen molar-refractivity contribution in [2.45, 2.75) is 37.9 Å². The highest BCUT2D eigenvalue weighted by Crippen LogP contribution is 2.21. The number of carbonyl (C=O) groups excluding carboxylic acids is 1. The van der Waals surface area contributed by atoms with E-state index in [1.807, 2.05) is 4.90 Å². The number of ether oxygens (including phenoxy) is 1. The number of aliphatic hydroxyl groups excluding tert-OH is 1. The zero-order valence-corrected chi connectivity index (χ0v) is 13.9. The maximum atomic E-state index is 13.3. The van der Waals surface area contributed by atoms with Gasteiger partial charge in [0.05, 0.1) is 12.6 Å². The zero-order valence-electron chi connectivity index (χ0n) is 13.9. The molecule has 0 bridgehead atoms. The average molecular weight is 336 g/mol. The second kappa shape index (κ2) is 7.94. The van der Waals surface area contributed by atoms with Crippen LogP contribution in [0.1, 0.15) is 25.7 Å². The lowest BCUT2D eigenvalue weighted by Crippen LogP contribution is -2.40. The van der Waals surface area contributed by atoms with Crippen molar-refractivity contribution in [3.8, 4) is 5.75 Å². The van der Waals surface area contributed by atoms with Crippen LogP contribution in [0, 0.1) is 5.82 Å². The van der Waals surface area contributed by atoms with Gasteiger partial charge in [0, 0.05) is 25.6 Å². The summed E-state index contributed by atoms with van der Waals surface area (Å²) in [6.07, 6.45) is 2.27. The molecule has 0 aliphatic carbocycles. The lowest BCUT2D eigenvalue weighted by atomic mass is 10.1. The molecule has 6 heteroatoms. The van der Waals surface area contributed by atoms with Crippen LogP contribution in [0.3, 0.4) is 0 Å². The van der Waals surface area contributed by atoms with Crippen LogP contribution < -0.4 is 4.74 Å². The number of benzene rings is 1. The Morgan fingerprint density at radius 3 is 2.71 bits per heavy atom. The molecular weight excluding hydrogens is 311 g/mol. The number of rotatable bonds is 4. The van der Waals surface area contributed by atoms with Gasteiger partial charge in [-0.2, -0.15) is 0 Å². The van der Waals surface area contributed by atoms with E-state index in [-0.39, 0.29) is 11.7 Å². The molecule has 5 nitrogen and oxygen atoms in total. The molecule has 0 saturated carbocycles. The summed E-state index contributed by atoms with van der Waals surface area (Å²) >= 11 is 0. The lowest BCUT2D eigenvalue weighted by Gasteiger charge is -2.23. The van der Waals surface area contributed by atoms with E-state index in [2.05, 4.69) is 4.90 Å². The Labute approximate surface area is 142 Å². The predicted octanol–water partition coefficient (Wildman–Crippen LogP) is 1.65. The molecule has 0 unspecified atom stereocenters. The van der Waals surface area contributed by atoms with Crippen molar-refractivity contribution in [1.29, 1.82) is 0 Å². The number of aliphatic hydroxyl groups is 1. The van der Waals surface area contributed by atoms with E-state index in [0.29, 0.717) is 38.2 Å². The molecular formula is C18H25FN2O3. The van der Waals surface area contributed by atoms with Gasteiger partial charge >= 0.3 is 0 Å². The van der Waals surface area contributed by atoms with Gasteiger partial charge in [-0.3, -0.25) is 9.69 Å². The van der Waals surface area contributed by atoms with Crippen LogP contribution >= 0.6 is 0 Å². The molecule has 2 aliphatic rings. The third kappa shape index (κ3) is 4.45. The van der Waals surface area contributed by atoms with Gasteiger partial charge in [-0.25, -0.2) is 4.39 Å². The molecule has 1 amide bonds. The molecule has 0 radical (unpaired) electrons. The molecule has 2 atom stereocenters. The first kappa shape index (κ1) is 17.2. The van der Waals surface area contributed by atoms with Crippen LogP contribution in [0.5, 0.6) is 5.75 Å². The van der Waals surface area contributed by atoms with E-state index in [1.54, 1.807) is 12.1 Å². The summed E-state index contributed by atoms with van der Waals surface area (Å²) in [5.41, 5.74) is 0. The second-order valence-electron chi connectivity index (χ2n) is 6.62. The van der Waals surface area contributed by atoms with Gasteiger partial charge in [0.25, 0.3) is 0 Å². The summed E-state index contributed by atoms with van der Waals surface area (Å²) in [6.45, 7) is 3.55. The fourth-order valence-electron chi connectivity index (χ4n) is 3.40. The van der Waals surface area contributed by atoms with Gasteiger partial charge in [-0.1, -0.05) is 6.07 Å². The van der Waals surface area contributed by atoms with Gasteiger partial charge in [0.1, 0.15) is 17.7 Å². The molecule has 1 N–H and O–H groups in total. The Balaban J connectivity index is 1.55. The summed E-state index contributed by atoms with van der Waals surface area (Å²) in [5.74, 6) is 0.171. The minimum absolute atomic E-state index is 0.121. The van der Waals surface area contributed by atoms with Crippen LogP contribution in [-0.4, -0.2) is 65.7 Å². The first-order chi connectivity index (χ1) is 11.6. The molecule has 1 aromatic rings. The maximum absolute atomic E-state index is 13.3. The van der Waals surface area contributed by atoms with Crippen molar-refractivity contribution in [1.82, 2.24) is 9.80 Å². The Kier molecular flexibility index (Phi) is 5.68. The second-order valence-corrected chi connectivity index (χ2v) is 6.62. The number of halogens is 1. The van der Waals surface area contributed by atoms with E-state index >= 15 is 0 Å². The van der Waals surface area contributed by atoms with E-state index < -0.39 is 12.2 Å². The van der Waals surface area contributed by atoms with E-state index in [0.717, 1.165) is 25.9 Å². The molecule has 2 aliphatic heterocycles. The van der Waals surface area contributed by atoms with Gasteiger partial charge in [-0.15, -0.1) is 0 Å². The predicted molar refractivity (Wildman–Crippen MR) is 88.3 cm³/mol. The van der Waals surface area contributed by atoms with E-state index in [9.17, 15) is 14.3 Å². The van der Waals surface area contributed by atoms with E-state index in [1.165, 1.54) is 12.1 Å². The highest BCUT2D eigenvalue weighted by atomic mass is 19.1. The number of likely N-dealkylation sites (tertiary alicyclic amines) is 2. The molecule has 2 fully saturated rings. The molecule has 24 heavy (non-hydrogen) atoms. The number of hydrogen-bond donors (Lipinski definition) is 1. The molecule has 2 heterocycles. The van der Waals surface area contributed by atoms with Gasteiger partial charge in [-0.05, 0) is 44.5 Å². The normalized spacial score (nSPS) is 25.5. The number of carbonyl (C=O) groups is 1. The zero-order chi connectivity index (χ0) is 16.9. The van der Waals surface area contributed by atoms with Crippen LogP contribution in [-0.2, 0) is 4.79 Å². The van der Waals surface area contributed by atoms with Crippen molar-refractivity contribution in [2.24, 2.45) is 0 Å². The number of nitrogens with zero attached hydrogens (tertiary/aromatic N) is 2. The molecule has 2 saturated heterocycles. The Bertz CT molecular complexity index is 563. The molecule has 132 valence electrons. The fraction of sp³-hybridized carbons (Fsp3) is 0.611. The molecule has 3 rings (SSSR count). The lowest BCUT2D eigenvalue weighted by molar-refractivity contribution is -0.132. The van der Waals surface area contributed by atoms with Crippen molar-refractivity contribution in [3.63, 3.8) is 0 Å². The largest absolute Gasteiger partial charge is 0.488 e. The SMILES string of the molecule is O=C(CN1CCCC1)N1CC[C@H](Oc2cccc(F)c2)[C@@H](O)CC1.